The Hall–Kier alpha value is -1.60. The third-order valence-electron chi connectivity index (χ3n) is 1.74. The summed E-state index contributed by atoms with van der Waals surface area (Å²) in [6.07, 6.45) is 7.73. The Morgan fingerprint density at radius 2 is 1.47 bits per heavy atom. The van der Waals surface area contributed by atoms with Crippen LogP contribution in [0.5, 0.6) is 0 Å². The van der Waals surface area contributed by atoms with Gasteiger partial charge in [-0.15, -0.1) is 0 Å². The van der Waals surface area contributed by atoms with Gasteiger partial charge < -0.3 is 19.2 Å². The average Bonchev–Trinajstić information content (AvgIpc) is 2.90. The Morgan fingerprint density at radius 3 is 1.74 bits per heavy atom. The van der Waals surface area contributed by atoms with Crippen LogP contribution < -0.4 is 4.57 Å². The van der Waals surface area contributed by atoms with Crippen LogP contribution in [0.15, 0.2) is 12.4 Å². The zero-order valence-corrected chi connectivity index (χ0v) is 12.6. The average molecular weight is 318 g/mol. The first-order chi connectivity index (χ1) is 8.84. The van der Waals surface area contributed by atoms with Crippen molar-refractivity contribution in [3.05, 3.63) is 18.2 Å². The molecule has 0 bridgehead atoms. The van der Waals surface area contributed by atoms with Gasteiger partial charge in [-0.2, -0.15) is 0 Å². The van der Waals surface area contributed by atoms with Crippen molar-refractivity contribution in [1.82, 2.24) is 4.98 Å². The summed E-state index contributed by atoms with van der Waals surface area (Å²) in [4.78, 5) is 35.2. The van der Waals surface area contributed by atoms with E-state index in [1.807, 2.05) is 39.5 Å². The van der Waals surface area contributed by atoms with E-state index in [4.69, 9.17) is 19.2 Å². The van der Waals surface area contributed by atoms with Gasteiger partial charge in [-0.25, -0.2) is 9.55 Å². The Labute approximate surface area is 124 Å². The maximum Gasteiger partial charge on any atom is 2.00 e. The zero-order chi connectivity index (χ0) is 15.4. The van der Waals surface area contributed by atoms with Gasteiger partial charge in [0.1, 0.15) is 39.5 Å². The number of H-pyrrole nitrogens is 1. The molecule has 0 aliphatic rings. The van der Waals surface area contributed by atoms with E-state index in [0.29, 0.717) is 0 Å². The van der Waals surface area contributed by atoms with Crippen molar-refractivity contribution in [2.75, 3.05) is 0 Å². The molecule has 0 unspecified atom stereocenters. The van der Waals surface area contributed by atoms with Crippen LogP contribution in [0.4, 0.5) is 0 Å². The second-order valence-corrected chi connectivity index (χ2v) is 2.62. The second kappa shape index (κ2) is 36.0. The molecule has 0 saturated heterocycles. The molecule has 0 aliphatic heterocycles. The van der Waals surface area contributed by atoms with Crippen LogP contribution in [0.25, 0.3) is 0 Å². The minimum absolute atomic E-state index is 0. The summed E-state index contributed by atoms with van der Waals surface area (Å²) in [5.74, 6) is 1.32. The summed E-state index contributed by atoms with van der Waals surface area (Å²) in [6.45, 7) is 10.2. The normalized spacial score (nSPS) is 6.21. The first kappa shape index (κ1) is 30.4. The Morgan fingerprint density at radius 1 is 1.05 bits per heavy atom. The van der Waals surface area contributed by atoms with Gasteiger partial charge in [0.25, 0.3) is 5.82 Å². The number of aryl methyl sites for hydroxylation is 2. The summed E-state index contributed by atoms with van der Waals surface area (Å²) in [6, 6.07) is 0. The van der Waals surface area contributed by atoms with E-state index < -0.39 is 0 Å². The monoisotopic (exact) mass is 318 g/mol. The van der Waals surface area contributed by atoms with Gasteiger partial charge in [0.2, 0.25) is 0 Å². The zero-order valence-electron chi connectivity index (χ0n) is 11.5. The van der Waals surface area contributed by atoms with Crippen LogP contribution in [0, 0.1) is 0 Å². The predicted molar refractivity (Wildman–Crippen MR) is 69.1 cm³/mol. The molecule has 0 amide bonds. The van der Waals surface area contributed by atoms with Crippen LogP contribution in [0.3, 0.4) is 0 Å². The van der Waals surface area contributed by atoms with Crippen molar-refractivity contribution < 1.29 is 40.5 Å². The number of aromatic nitrogens is 2. The van der Waals surface area contributed by atoms with Crippen LogP contribution >= 0.6 is 0 Å². The molecule has 19 heavy (non-hydrogen) atoms. The number of rotatable bonds is 3. The van der Waals surface area contributed by atoms with E-state index in [1.54, 1.807) is 0 Å². The fraction of sp³-hybridized carbons (Fsp3) is 0.417. The standard InChI is InChI=1S/C8H14N2.4CH2O.Co/c1-3-4-5-8-9-6-7-10(8)2;4*1-2;/h6-7H,3-5H2,1-2H3;4*1H2;/q;;;;;+2/p+1. The maximum absolute atomic E-state index is 8.00. The quantitative estimate of drug-likeness (QED) is 0.819. The SMILES string of the molecule is C=O.C=O.C=O.C=O.CCCCc1[nH]cc[n+]1C.[Co+2]. The molecule has 111 valence electrons. The summed E-state index contributed by atoms with van der Waals surface area (Å²) in [5.41, 5.74) is 0. The molecule has 7 heteroatoms. The second-order valence-electron chi connectivity index (χ2n) is 2.62. The summed E-state index contributed by atoms with van der Waals surface area (Å²) >= 11 is 0. The van der Waals surface area contributed by atoms with Crippen molar-refractivity contribution in [2.45, 2.75) is 26.2 Å². The van der Waals surface area contributed by atoms with Gasteiger partial charge in [0.15, 0.2) is 0 Å². The Kier molecular flexibility index (Phi) is 57.6. The van der Waals surface area contributed by atoms with E-state index in [-0.39, 0.29) is 16.8 Å². The first-order valence-electron chi connectivity index (χ1n) is 5.02. The van der Waals surface area contributed by atoms with E-state index >= 15 is 0 Å². The van der Waals surface area contributed by atoms with Crippen molar-refractivity contribution in [3.8, 4) is 0 Å². The number of carbonyl (C=O) groups is 4. The Bertz CT molecular complexity index is 252. The van der Waals surface area contributed by atoms with Gasteiger partial charge >= 0.3 is 16.8 Å². The van der Waals surface area contributed by atoms with Crippen LogP contribution in [-0.4, -0.2) is 32.1 Å². The number of nitrogens with zero attached hydrogens (tertiary/aromatic N) is 1. The van der Waals surface area contributed by atoms with Crippen LogP contribution in [-0.2, 0) is 49.4 Å². The van der Waals surface area contributed by atoms with Gasteiger partial charge in [0.05, 0.1) is 7.05 Å². The molecule has 1 aromatic rings. The number of imidazole rings is 1. The molecule has 0 aliphatic carbocycles. The summed E-state index contributed by atoms with van der Waals surface area (Å²) in [5, 5.41) is 0. The van der Waals surface area contributed by atoms with Crippen molar-refractivity contribution in [3.63, 3.8) is 0 Å². The third kappa shape index (κ3) is 22.1. The molecular formula is C12H23CoN2O4+3. The minimum Gasteiger partial charge on any atom is -0.307 e. The Balaban J connectivity index is -0.0000000628. The number of carbonyl (C=O) groups excluding carboxylic acids is 4. The molecule has 1 N–H and O–H groups in total. The third-order valence-corrected chi connectivity index (χ3v) is 1.74. The molecule has 0 fully saturated rings. The molecule has 1 radical (unpaired) electrons. The minimum atomic E-state index is 0. The molecule has 1 rings (SSSR count). The van der Waals surface area contributed by atoms with Gasteiger partial charge in [0, 0.05) is 6.42 Å². The van der Waals surface area contributed by atoms with Gasteiger partial charge in [-0.1, -0.05) is 13.3 Å². The van der Waals surface area contributed by atoms with Gasteiger partial charge in [-0.3, -0.25) is 0 Å². The fourth-order valence-electron chi connectivity index (χ4n) is 1.03. The number of unbranched alkanes of at least 4 members (excludes halogenated alkanes) is 1. The molecule has 0 aromatic carbocycles. The fourth-order valence-corrected chi connectivity index (χ4v) is 1.03. The number of hydrogen-bond donors (Lipinski definition) is 1. The first-order valence-corrected chi connectivity index (χ1v) is 5.02. The van der Waals surface area contributed by atoms with E-state index in [0.717, 1.165) is 0 Å². The molecule has 0 saturated carbocycles. The molecular weight excluding hydrogens is 295 g/mol. The van der Waals surface area contributed by atoms with Crippen LogP contribution in [0.1, 0.15) is 25.6 Å². The predicted octanol–water partition coefficient (Wildman–Crippen LogP) is 0.440. The van der Waals surface area contributed by atoms with E-state index in [1.165, 1.54) is 25.1 Å². The summed E-state index contributed by atoms with van der Waals surface area (Å²) < 4.78 is 2.13. The molecule has 6 nitrogen and oxygen atoms in total. The number of hydrogen-bond acceptors (Lipinski definition) is 4. The molecule has 0 spiro atoms. The van der Waals surface area contributed by atoms with Gasteiger partial charge in [-0.05, 0) is 6.42 Å². The van der Waals surface area contributed by atoms with Crippen molar-refractivity contribution >= 4 is 27.2 Å². The topological polar surface area (TPSA) is 87.9 Å². The smallest absolute Gasteiger partial charge is 0.307 e. The number of aromatic amines is 1. The van der Waals surface area contributed by atoms with Crippen molar-refractivity contribution in [2.24, 2.45) is 7.05 Å². The van der Waals surface area contributed by atoms with E-state index in [2.05, 4.69) is 23.5 Å². The molecule has 0 atom stereocenters. The molecule has 1 aromatic heterocycles. The summed E-state index contributed by atoms with van der Waals surface area (Å²) in [7, 11) is 2.07. The van der Waals surface area contributed by atoms with E-state index in [9.17, 15) is 0 Å². The largest absolute Gasteiger partial charge is 2.00 e. The van der Waals surface area contributed by atoms with Crippen molar-refractivity contribution in [1.29, 1.82) is 0 Å². The number of nitrogens with one attached hydrogen (secondary N) is 1. The maximum atomic E-state index is 8.00. The molecule has 1 heterocycles. The van der Waals surface area contributed by atoms with Crippen LogP contribution in [0.2, 0.25) is 0 Å².